The van der Waals surface area contributed by atoms with E-state index in [4.69, 9.17) is 5.11 Å². The lowest BCUT2D eigenvalue weighted by molar-refractivity contribution is -0.701. The molecular formula is C17H19NO6S. The van der Waals surface area contributed by atoms with Gasteiger partial charge < -0.3 is 9.66 Å². The topological polar surface area (TPSA) is 115 Å². The van der Waals surface area contributed by atoms with Gasteiger partial charge in [-0.2, -0.15) is 4.57 Å². The van der Waals surface area contributed by atoms with E-state index < -0.39 is 10.1 Å². The van der Waals surface area contributed by atoms with E-state index in [1.165, 1.54) is 38.1 Å². The zero-order chi connectivity index (χ0) is 19.0. The number of carbonyl (C=O) groups is 2. The number of hydrogen-bond donors (Lipinski definition) is 1. The van der Waals surface area contributed by atoms with Gasteiger partial charge in [0.05, 0.1) is 4.90 Å². The SMILES string of the molecule is CC(=O)c1cccc(C(C)=O)[n+]1CCO.O=S(=O)([O-])c1ccccc1. The molecule has 1 aromatic heterocycles. The molecule has 0 amide bonds. The largest absolute Gasteiger partial charge is 0.744 e. The van der Waals surface area contributed by atoms with Crippen molar-refractivity contribution < 1.29 is 32.2 Å². The molecule has 0 spiro atoms. The zero-order valence-corrected chi connectivity index (χ0v) is 14.7. The maximum atomic E-state index is 11.3. The maximum Gasteiger partial charge on any atom is 0.248 e. The molecule has 0 bridgehead atoms. The number of aliphatic hydroxyl groups excluding tert-OH is 1. The van der Waals surface area contributed by atoms with Gasteiger partial charge >= 0.3 is 0 Å². The normalized spacial score (nSPS) is 10.6. The minimum atomic E-state index is -4.25. The third kappa shape index (κ3) is 6.18. The van der Waals surface area contributed by atoms with Gasteiger partial charge in [-0.1, -0.05) is 18.2 Å². The minimum Gasteiger partial charge on any atom is -0.744 e. The van der Waals surface area contributed by atoms with E-state index in [9.17, 15) is 22.6 Å². The predicted molar refractivity (Wildman–Crippen MR) is 88.1 cm³/mol. The molecule has 25 heavy (non-hydrogen) atoms. The van der Waals surface area contributed by atoms with Crippen LogP contribution in [0.5, 0.6) is 0 Å². The van der Waals surface area contributed by atoms with Crippen molar-refractivity contribution in [2.24, 2.45) is 0 Å². The number of carbonyl (C=O) groups excluding carboxylic acids is 2. The minimum absolute atomic E-state index is 0.102. The molecule has 0 fully saturated rings. The molecule has 0 radical (unpaired) electrons. The van der Waals surface area contributed by atoms with Crippen LogP contribution >= 0.6 is 0 Å². The molecule has 0 saturated heterocycles. The quantitative estimate of drug-likeness (QED) is 0.479. The van der Waals surface area contributed by atoms with E-state index in [1.807, 2.05) is 0 Å². The van der Waals surface area contributed by atoms with Gasteiger partial charge in [0.25, 0.3) is 0 Å². The van der Waals surface area contributed by atoms with Crippen molar-refractivity contribution >= 4 is 21.7 Å². The van der Waals surface area contributed by atoms with E-state index in [0.717, 1.165) is 0 Å². The van der Waals surface area contributed by atoms with Gasteiger partial charge in [0.2, 0.25) is 23.0 Å². The molecule has 1 N–H and O–H groups in total. The number of hydrogen-bond acceptors (Lipinski definition) is 6. The van der Waals surface area contributed by atoms with Crippen molar-refractivity contribution in [2.75, 3.05) is 6.61 Å². The van der Waals surface area contributed by atoms with Crippen LogP contribution in [0.15, 0.2) is 53.4 Å². The van der Waals surface area contributed by atoms with Crippen molar-refractivity contribution in [3.8, 4) is 0 Å². The Hall–Kier alpha value is -2.42. The Morgan fingerprint density at radius 2 is 1.44 bits per heavy atom. The van der Waals surface area contributed by atoms with E-state index in [-0.39, 0.29) is 29.6 Å². The van der Waals surface area contributed by atoms with Crippen LogP contribution in [0.4, 0.5) is 0 Å². The van der Waals surface area contributed by atoms with E-state index in [2.05, 4.69) is 0 Å². The summed E-state index contributed by atoms with van der Waals surface area (Å²) < 4.78 is 32.4. The van der Waals surface area contributed by atoms with Crippen LogP contribution in [0.2, 0.25) is 0 Å². The van der Waals surface area contributed by atoms with E-state index >= 15 is 0 Å². The van der Waals surface area contributed by atoms with Crippen molar-refractivity contribution in [1.82, 2.24) is 0 Å². The van der Waals surface area contributed by atoms with E-state index in [1.54, 1.807) is 28.8 Å². The van der Waals surface area contributed by atoms with Crippen LogP contribution in [0, 0.1) is 0 Å². The molecular weight excluding hydrogens is 346 g/mol. The van der Waals surface area contributed by atoms with Crippen molar-refractivity contribution in [3.05, 3.63) is 59.9 Å². The summed E-state index contributed by atoms with van der Waals surface area (Å²) in [4.78, 5) is 22.4. The first-order valence-electron chi connectivity index (χ1n) is 7.35. The maximum absolute atomic E-state index is 11.3. The molecule has 2 aromatic rings. The summed E-state index contributed by atoms with van der Waals surface area (Å²) in [6, 6.07) is 12.1. The summed E-state index contributed by atoms with van der Waals surface area (Å²) in [6.07, 6.45) is 0. The molecule has 8 heteroatoms. The van der Waals surface area contributed by atoms with E-state index in [0.29, 0.717) is 11.4 Å². The fourth-order valence-corrected chi connectivity index (χ4v) is 2.57. The standard InChI is InChI=1S/C11H14NO3.C6H6O3S/c1-8(14)10-4-3-5-11(9(2)15)12(10)6-7-13;7-10(8,9)6-4-2-1-3-5-6/h3-5,13H,6-7H2,1-2H3;1-5H,(H,7,8,9)/q+1;/p-1. The lowest BCUT2D eigenvalue weighted by atomic mass is 10.2. The summed E-state index contributed by atoms with van der Waals surface area (Å²) in [5.41, 5.74) is 0.883. The molecule has 0 aliphatic heterocycles. The molecule has 2 rings (SSSR count). The number of rotatable bonds is 5. The average molecular weight is 365 g/mol. The van der Waals surface area contributed by atoms with Gasteiger partial charge in [-0.15, -0.1) is 0 Å². The average Bonchev–Trinajstić information content (AvgIpc) is 2.55. The van der Waals surface area contributed by atoms with Crippen LogP contribution in [0.3, 0.4) is 0 Å². The molecule has 7 nitrogen and oxygen atoms in total. The van der Waals surface area contributed by atoms with Crippen LogP contribution in [0.25, 0.3) is 0 Å². The monoisotopic (exact) mass is 365 g/mol. The van der Waals surface area contributed by atoms with Crippen molar-refractivity contribution in [1.29, 1.82) is 0 Å². The number of pyridine rings is 1. The fourth-order valence-electron chi connectivity index (χ4n) is 2.08. The van der Waals surface area contributed by atoms with Gasteiger partial charge in [0.1, 0.15) is 16.7 Å². The number of ketones is 2. The summed E-state index contributed by atoms with van der Waals surface area (Å²) >= 11 is 0. The van der Waals surface area contributed by atoms with Crippen molar-refractivity contribution in [2.45, 2.75) is 25.3 Å². The first-order chi connectivity index (χ1) is 11.7. The van der Waals surface area contributed by atoms with Crippen LogP contribution < -0.4 is 4.57 Å². The number of aromatic nitrogens is 1. The van der Waals surface area contributed by atoms with Gasteiger partial charge in [-0.05, 0) is 18.2 Å². The van der Waals surface area contributed by atoms with Crippen molar-refractivity contribution in [3.63, 3.8) is 0 Å². The second-order valence-corrected chi connectivity index (χ2v) is 6.43. The number of Topliss-reactive ketones (excluding diaryl/α,β-unsaturated/α-hetero) is 2. The highest BCUT2D eigenvalue weighted by Gasteiger charge is 2.21. The highest BCUT2D eigenvalue weighted by Crippen LogP contribution is 2.05. The van der Waals surface area contributed by atoms with Gasteiger partial charge in [-0.25, -0.2) is 8.42 Å². The lowest BCUT2D eigenvalue weighted by Crippen LogP contribution is -2.46. The highest BCUT2D eigenvalue weighted by atomic mass is 32.2. The Morgan fingerprint density at radius 1 is 0.960 bits per heavy atom. The van der Waals surface area contributed by atoms with Gasteiger partial charge in [0.15, 0.2) is 6.54 Å². The second-order valence-electron chi connectivity index (χ2n) is 5.05. The molecule has 1 heterocycles. The van der Waals surface area contributed by atoms with Crippen LogP contribution in [-0.2, 0) is 16.7 Å². The summed E-state index contributed by atoms with van der Waals surface area (Å²) in [5.74, 6) is -0.238. The smallest absolute Gasteiger partial charge is 0.248 e. The molecule has 0 aliphatic rings. The van der Waals surface area contributed by atoms with Crippen LogP contribution in [-0.4, -0.2) is 36.3 Å². The molecule has 0 atom stereocenters. The van der Waals surface area contributed by atoms with Crippen LogP contribution in [0.1, 0.15) is 34.8 Å². The molecule has 0 unspecified atom stereocenters. The third-order valence-electron chi connectivity index (χ3n) is 3.17. The zero-order valence-electron chi connectivity index (χ0n) is 13.9. The molecule has 0 saturated carbocycles. The third-order valence-corrected chi connectivity index (χ3v) is 4.02. The lowest BCUT2D eigenvalue weighted by Gasteiger charge is -2.04. The highest BCUT2D eigenvalue weighted by molar-refractivity contribution is 7.85. The number of aliphatic hydroxyl groups is 1. The Balaban J connectivity index is 0.000000271. The van der Waals surface area contributed by atoms with Gasteiger partial charge in [0, 0.05) is 26.0 Å². The molecule has 1 aromatic carbocycles. The summed E-state index contributed by atoms with van der Waals surface area (Å²) in [5, 5.41) is 8.89. The Kier molecular flexibility index (Phi) is 7.56. The summed E-state index contributed by atoms with van der Waals surface area (Å²) in [7, 11) is -4.25. The number of nitrogens with zero attached hydrogens (tertiary/aromatic N) is 1. The molecule has 134 valence electrons. The summed E-state index contributed by atoms with van der Waals surface area (Å²) in [6.45, 7) is 3.03. The molecule has 0 aliphatic carbocycles. The van der Waals surface area contributed by atoms with Gasteiger partial charge in [-0.3, -0.25) is 9.59 Å². The number of benzene rings is 1. The first-order valence-corrected chi connectivity index (χ1v) is 8.75. The Labute approximate surface area is 146 Å². The second kappa shape index (κ2) is 9.16. The first kappa shape index (κ1) is 20.6. The predicted octanol–water partition coefficient (Wildman–Crippen LogP) is 0.962. The fraction of sp³-hybridized carbons (Fsp3) is 0.235. The Morgan fingerprint density at radius 3 is 1.76 bits per heavy atom. The Bertz CT molecular complexity index is 814.